The fraction of sp³-hybridized carbons (Fsp3) is 0.421. The fourth-order valence-electron chi connectivity index (χ4n) is 2.77. The largest absolute Gasteiger partial charge is 0.494 e. The highest BCUT2D eigenvalue weighted by atomic mass is 32.1. The molecule has 0 aliphatic carbocycles. The van der Waals surface area contributed by atoms with Crippen LogP contribution in [0.2, 0.25) is 0 Å². The number of rotatable bonds is 6. The number of amides is 2. The molecule has 0 spiro atoms. The highest BCUT2D eigenvalue weighted by Crippen LogP contribution is 2.29. The first kappa shape index (κ1) is 19.2. The molecule has 27 heavy (non-hydrogen) atoms. The summed E-state index contributed by atoms with van der Waals surface area (Å²) < 4.78 is 10.2. The minimum atomic E-state index is -0.546. The topological polar surface area (TPSA) is 80.8 Å². The van der Waals surface area contributed by atoms with Crippen LogP contribution in [0.4, 0.5) is 9.93 Å². The molecule has 0 bridgehead atoms. The molecule has 0 radical (unpaired) electrons. The smallest absolute Gasteiger partial charge is 0.413 e. The third-order valence-electron chi connectivity index (χ3n) is 4.28. The lowest BCUT2D eigenvalue weighted by Crippen LogP contribution is -2.35. The maximum absolute atomic E-state index is 12.8. The molecule has 8 heteroatoms. The number of methoxy groups -OCH3 is 1. The third kappa shape index (κ3) is 4.77. The van der Waals surface area contributed by atoms with Crippen LogP contribution in [0.1, 0.15) is 40.7 Å². The number of hydrogen-bond acceptors (Lipinski definition) is 6. The Bertz CT molecular complexity index is 804. The number of anilines is 1. The summed E-state index contributed by atoms with van der Waals surface area (Å²) in [6.45, 7) is 3.89. The molecule has 1 aromatic heterocycles. The molecule has 1 aliphatic heterocycles. The Morgan fingerprint density at radius 3 is 2.78 bits per heavy atom. The summed E-state index contributed by atoms with van der Waals surface area (Å²) in [7, 11) is 1.31. The lowest BCUT2D eigenvalue weighted by molar-refractivity contribution is 0.0736. The summed E-state index contributed by atoms with van der Waals surface area (Å²) in [4.78, 5) is 31.3. The van der Waals surface area contributed by atoms with Crippen molar-refractivity contribution in [2.75, 3.05) is 25.6 Å². The molecule has 0 fully saturated rings. The van der Waals surface area contributed by atoms with Gasteiger partial charge < -0.3 is 14.4 Å². The van der Waals surface area contributed by atoms with Crippen molar-refractivity contribution in [3.63, 3.8) is 0 Å². The molecule has 0 saturated heterocycles. The van der Waals surface area contributed by atoms with Gasteiger partial charge in [-0.1, -0.05) is 24.7 Å². The molecule has 2 amide bonds. The quantitative estimate of drug-likeness (QED) is 0.762. The van der Waals surface area contributed by atoms with E-state index in [0.717, 1.165) is 29.2 Å². The van der Waals surface area contributed by atoms with E-state index in [1.54, 1.807) is 17.0 Å². The van der Waals surface area contributed by atoms with E-state index in [1.165, 1.54) is 18.4 Å². The zero-order valence-corrected chi connectivity index (χ0v) is 16.3. The predicted octanol–water partition coefficient (Wildman–Crippen LogP) is 3.70. The highest BCUT2D eigenvalue weighted by molar-refractivity contribution is 7.15. The van der Waals surface area contributed by atoms with Gasteiger partial charge in [-0.2, -0.15) is 0 Å². The Hall–Kier alpha value is -2.61. The molecular formula is C19H23N3O4S. The standard InChI is InChI=1S/C19H23N3O4S/c1-3-4-11-26-14-7-5-13(6-8-14)17(23)22-10-9-15-16(12-22)27-18(20-15)21-19(24)25-2/h5-8H,3-4,9-12H2,1-2H3,(H,20,21,24). The molecule has 2 heterocycles. The Morgan fingerprint density at radius 1 is 1.30 bits per heavy atom. The lowest BCUT2D eigenvalue weighted by Gasteiger charge is -2.26. The molecule has 7 nitrogen and oxygen atoms in total. The van der Waals surface area contributed by atoms with Crippen molar-refractivity contribution in [3.05, 3.63) is 40.4 Å². The van der Waals surface area contributed by atoms with Crippen molar-refractivity contribution in [2.45, 2.75) is 32.7 Å². The van der Waals surface area contributed by atoms with Gasteiger partial charge in [-0.15, -0.1) is 0 Å². The number of carbonyl (C=O) groups is 2. The van der Waals surface area contributed by atoms with Gasteiger partial charge in [-0.3, -0.25) is 10.1 Å². The Morgan fingerprint density at radius 2 is 2.07 bits per heavy atom. The number of aromatic nitrogens is 1. The van der Waals surface area contributed by atoms with Crippen LogP contribution >= 0.6 is 11.3 Å². The molecule has 1 aliphatic rings. The van der Waals surface area contributed by atoms with Crippen LogP contribution in [0.5, 0.6) is 5.75 Å². The number of thiazole rings is 1. The van der Waals surface area contributed by atoms with E-state index >= 15 is 0 Å². The Labute approximate surface area is 162 Å². The second-order valence-electron chi connectivity index (χ2n) is 6.21. The number of nitrogens with zero attached hydrogens (tertiary/aromatic N) is 2. The molecule has 0 atom stereocenters. The molecule has 2 aromatic rings. The van der Waals surface area contributed by atoms with E-state index in [-0.39, 0.29) is 5.91 Å². The number of unbranched alkanes of at least 4 members (excludes halogenated alkanes) is 1. The zero-order chi connectivity index (χ0) is 19.2. The third-order valence-corrected chi connectivity index (χ3v) is 5.28. The van der Waals surface area contributed by atoms with Gasteiger partial charge in [0, 0.05) is 23.4 Å². The molecule has 0 saturated carbocycles. The SMILES string of the molecule is CCCCOc1ccc(C(=O)N2CCc3nc(NC(=O)OC)sc3C2)cc1. The summed E-state index contributed by atoms with van der Waals surface area (Å²) in [5, 5.41) is 3.08. The van der Waals surface area contributed by atoms with E-state index in [9.17, 15) is 9.59 Å². The fourth-order valence-corrected chi connectivity index (χ4v) is 3.78. The van der Waals surface area contributed by atoms with Crippen LogP contribution in [0, 0.1) is 0 Å². The van der Waals surface area contributed by atoms with Gasteiger partial charge in [0.1, 0.15) is 5.75 Å². The van der Waals surface area contributed by atoms with E-state index in [0.29, 0.717) is 36.8 Å². The second kappa shape index (κ2) is 8.85. The number of fused-ring (bicyclic) bond motifs is 1. The Balaban J connectivity index is 1.62. The summed E-state index contributed by atoms with van der Waals surface area (Å²) in [6, 6.07) is 7.28. The molecule has 1 N–H and O–H groups in total. The molecule has 0 unspecified atom stereocenters. The lowest BCUT2D eigenvalue weighted by atomic mass is 10.1. The number of carbonyl (C=O) groups excluding carboxylic acids is 2. The summed E-state index contributed by atoms with van der Waals surface area (Å²) in [5.74, 6) is 0.763. The minimum Gasteiger partial charge on any atom is -0.494 e. The van der Waals surface area contributed by atoms with E-state index in [2.05, 4.69) is 22.0 Å². The van der Waals surface area contributed by atoms with E-state index in [4.69, 9.17) is 4.74 Å². The minimum absolute atomic E-state index is 0.0170. The van der Waals surface area contributed by atoms with E-state index in [1.807, 2.05) is 12.1 Å². The van der Waals surface area contributed by atoms with Crippen molar-refractivity contribution in [1.82, 2.24) is 9.88 Å². The average Bonchev–Trinajstić information content (AvgIpc) is 3.09. The van der Waals surface area contributed by atoms with Gasteiger partial charge in [0.05, 0.1) is 26.0 Å². The van der Waals surface area contributed by atoms with Crippen molar-refractivity contribution in [2.24, 2.45) is 0 Å². The zero-order valence-electron chi connectivity index (χ0n) is 15.5. The highest BCUT2D eigenvalue weighted by Gasteiger charge is 2.25. The first-order valence-electron chi connectivity index (χ1n) is 8.96. The molecule has 3 rings (SSSR count). The van der Waals surface area contributed by atoms with Gasteiger partial charge in [-0.25, -0.2) is 9.78 Å². The van der Waals surface area contributed by atoms with E-state index < -0.39 is 6.09 Å². The molecular weight excluding hydrogens is 366 g/mol. The monoisotopic (exact) mass is 389 g/mol. The van der Waals surface area contributed by atoms with Crippen LogP contribution in [-0.4, -0.2) is 42.1 Å². The van der Waals surface area contributed by atoms with Crippen molar-refractivity contribution >= 4 is 28.5 Å². The summed E-state index contributed by atoms with van der Waals surface area (Å²) in [6.07, 6.45) is 2.22. The number of ether oxygens (including phenoxy) is 2. The number of nitrogens with one attached hydrogen (secondary N) is 1. The van der Waals surface area contributed by atoms with Crippen molar-refractivity contribution in [1.29, 1.82) is 0 Å². The molecule has 1 aromatic carbocycles. The Kier molecular flexibility index (Phi) is 6.28. The number of hydrogen-bond donors (Lipinski definition) is 1. The van der Waals surface area contributed by atoms with Crippen LogP contribution in [0.3, 0.4) is 0 Å². The number of benzene rings is 1. The van der Waals surface area contributed by atoms with Gasteiger partial charge in [-0.05, 0) is 30.7 Å². The normalized spacial score (nSPS) is 13.0. The summed E-state index contributed by atoms with van der Waals surface area (Å²) >= 11 is 1.37. The van der Waals surface area contributed by atoms with Crippen LogP contribution < -0.4 is 10.1 Å². The molecule has 144 valence electrons. The van der Waals surface area contributed by atoms with Crippen molar-refractivity contribution < 1.29 is 19.1 Å². The van der Waals surface area contributed by atoms with Crippen LogP contribution in [0.15, 0.2) is 24.3 Å². The first-order valence-corrected chi connectivity index (χ1v) is 9.78. The maximum atomic E-state index is 12.8. The predicted molar refractivity (Wildman–Crippen MR) is 103 cm³/mol. The first-order chi connectivity index (χ1) is 13.1. The second-order valence-corrected chi connectivity index (χ2v) is 7.29. The van der Waals surface area contributed by atoms with Crippen LogP contribution in [-0.2, 0) is 17.7 Å². The maximum Gasteiger partial charge on any atom is 0.413 e. The van der Waals surface area contributed by atoms with Gasteiger partial charge >= 0.3 is 6.09 Å². The average molecular weight is 389 g/mol. The van der Waals surface area contributed by atoms with Gasteiger partial charge in [0.15, 0.2) is 5.13 Å². The summed E-state index contributed by atoms with van der Waals surface area (Å²) in [5.41, 5.74) is 1.56. The van der Waals surface area contributed by atoms with Gasteiger partial charge in [0.25, 0.3) is 5.91 Å². The van der Waals surface area contributed by atoms with Gasteiger partial charge in [0.2, 0.25) is 0 Å². The van der Waals surface area contributed by atoms with Crippen molar-refractivity contribution in [3.8, 4) is 5.75 Å². The van der Waals surface area contributed by atoms with Crippen LogP contribution in [0.25, 0.3) is 0 Å².